The Kier molecular flexibility index (Phi) is 5.05. The van der Waals surface area contributed by atoms with E-state index in [1.54, 1.807) is 23.6 Å². The van der Waals surface area contributed by atoms with Crippen molar-refractivity contribution < 1.29 is 13.2 Å². The molecule has 0 spiro atoms. The Hall–Kier alpha value is -2.48. The van der Waals surface area contributed by atoms with Crippen molar-refractivity contribution in [2.24, 2.45) is 0 Å². The second-order valence-corrected chi connectivity index (χ2v) is 9.89. The number of sulfonamides is 1. The Labute approximate surface area is 168 Å². The zero-order valence-electron chi connectivity index (χ0n) is 15.3. The van der Waals surface area contributed by atoms with Crippen LogP contribution in [-0.2, 0) is 27.8 Å². The van der Waals surface area contributed by atoms with E-state index in [2.05, 4.69) is 5.32 Å². The van der Waals surface area contributed by atoms with Gasteiger partial charge in [0.1, 0.15) is 10.3 Å². The number of benzene rings is 2. The van der Waals surface area contributed by atoms with E-state index in [9.17, 15) is 13.2 Å². The smallest absolute Gasteiger partial charge is 0.253 e. The standard InChI is InChI=1S/C21H20N2O3S2/c1-15-6-4-9-18(12-15)22-21(24)19-13-16-7-2-3-8-17(16)14-23(19)28(25,26)20-10-5-11-27-20/h2-12,19H,13-14H2,1H3,(H,22,24)/t19-/m0/s1. The van der Waals surface area contributed by atoms with E-state index in [1.807, 2.05) is 49.4 Å². The van der Waals surface area contributed by atoms with Gasteiger partial charge in [0.05, 0.1) is 0 Å². The summed E-state index contributed by atoms with van der Waals surface area (Å²) in [6.45, 7) is 2.13. The number of thiophene rings is 1. The van der Waals surface area contributed by atoms with Gasteiger partial charge in [0.2, 0.25) is 5.91 Å². The predicted molar refractivity (Wildman–Crippen MR) is 111 cm³/mol. The number of fused-ring (bicyclic) bond motifs is 1. The molecule has 0 aliphatic carbocycles. The van der Waals surface area contributed by atoms with Gasteiger partial charge in [-0.1, -0.05) is 42.5 Å². The van der Waals surface area contributed by atoms with Gasteiger partial charge < -0.3 is 5.32 Å². The van der Waals surface area contributed by atoms with Gasteiger partial charge in [-0.2, -0.15) is 4.31 Å². The molecule has 0 unspecified atom stereocenters. The van der Waals surface area contributed by atoms with Crippen molar-refractivity contribution >= 4 is 33.0 Å². The van der Waals surface area contributed by atoms with Crippen LogP contribution in [0.1, 0.15) is 16.7 Å². The number of anilines is 1. The van der Waals surface area contributed by atoms with E-state index in [0.717, 1.165) is 28.0 Å². The summed E-state index contributed by atoms with van der Waals surface area (Å²) in [5.41, 5.74) is 3.62. The zero-order chi connectivity index (χ0) is 19.7. The van der Waals surface area contributed by atoms with E-state index >= 15 is 0 Å². The maximum Gasteiger partial charge on any atom is 0.253 e. The molecule has 2 heterocycles. The molecule has 28 heavy (non-hydrogen) atoms. The zero-order valence-corrected chi connectivity index (χ0v) is 17.0. The lowest BCUT2D eigenvalue weighted by Crippen LogP contribution is -2.50. The van der Waals surface area contributed by atoms with Gasteiger partial charge in [0.15, 0.2) is 0 Å². The monoisotopic (exact) mass is 412 g/mol. The van der Waals surface area contributed by atoms with Crippen LogP contribution in [0.3, 0.4) is 0 Å². The van der Waals surface area contributed by atoms with Crippen LogP contribution in [0.4, 0.5) is 5.69 Å². The maximum absolute atomic E-state index is 13.2. The number of carbonyl (C=O) groups is 1. The minimum atomic E-state index is -3.77. The van der Waals surface area contributed by atoms with E-state index in [0.29, 0.717) is 12.1 Å². The summed E-state index contributed by atoms with van der Waals surface area (Å²) in [7, 11) is -3.77. The molecule has 1 atom stereocenters. The topological polar surface area (TPSA) is 66.5 Å². The van der Waals surface area contributed by atoms with Crippen LogP contribution in [0.25, 0.3) is 0 Å². The summed E-state index contributed by atoms with van der Waals surface area (Å²) in [6, 6.07) is 17.6. The van der Waals surface area contributed by atoms with Crippen molar-refractivity contribution in [3.05, 3.63) is 82.7 Å². The minimum absolute atomic E-state index is 0.183. The molecule has 0 saturated heterocycles. The Morgan fingerprint density at radius 1 is 1.07 bits per heavy atom. The first kappa shape index (κ1) is 18.9. The average Bonchev–Trinajstić information content (AvgIpc) is 3.22. The minimum Gasteiger partial charge on any atom is -0.325 e. The van der Waals surface area contributed by atoms with Gasteiger partial charge in [0, 0.05) is 12.2 Å². The van der Waals surface area contributed by atoms with Crippen LogP contribution in [0, 0.1) is 6.92 Å². The molecule has 144 valence electrons. The molecule has 1 amide bonds. The third-order valence-electron chi connectivity index (χ3n) is 4.85. The van der Waals surface area contributed by atoms with E-state index < -0.39 is 16.1 Å². The summed E-state index contributed by atoms with van der Waals surface area (Å²) >= 11 is 1.16. The van der Waals surface area contributed by atoms with Crippen LogP contribution in [-0.4, -0.2) is 24.7 Å². The Bertz CT molecular complexity index is 1110. The van der Waals surface area contributed by atoms with Crippen molar-refractivity contribution in [1.29, 1.82) is 0 Å². The first-order valence-electron chi connectivity index (χ1n) is 8.95. The Morgan fingerprint density at radius 3 is 2.57 bits per heavy atom. The molecule has 0 fully saturated rings. The first-order valence-corrected chi connectivity index (χ1v) is 11.3. The first-order chi connectivity index (χ1) is 13.4. The molecule has 1 aliphatic heterocycles. The van der Waals surface area contributed by atoms with Crippen molar-refractivity contribution in [2.45, 2.75) is 30.1 Å². The molecule has 5 nitrogen and oxygen atoms in total. The maximum atomic E-state index is 13.2. The largest absolute Gasteiger partial charge is 0.325 e. The summed E-state index contributed by atoms with van der Waals surface area (Å²) < 4.78 is 28.0. The van der Waals surface area contributed by atoms with Gasteiger partial charge in [-0.15, -0.1) is 11.3 Å². The molecule has 0 radical (unpaired) electrons. The molecule has 1 N–H and O–H groups in total. The second-order valence-electron chi connectivity index (χ2n) is 6.83. The highest BCUT2D eigenvalue weighted by Crippen LogP contribution is 2.31. The highest BCUT2D eigenvalue weighted by atomic mass is 32.2. The Morgan fingerprint density at radius 2 is 1.86 bits per heavy atom. The highest BCUT2D eigenvalue weighted by molar-refractivity contribution is 7.91. The van der Waals surface area contributed by atoms with Gasteiger partial charge >= 0.3 is 0 Å². The van der Waals surface area contributed by atoms with Gasteiger partial charge in [0.25, 0.3) is 10.0 Å². The average molecular weight is 413 g/mol. The summed E-state index contributed by atoms with van der Waals surface area (Å²) in [5, 5.41) is 4.62. The summed E-state index contributed by atoms with van der Waals surface area (Å²) in [5.74, 6) is -0.319. The van der Waals surface area contributed by atoms with Crippen molar-refractivity contribution in [1.82, 2.24) is 4.31 Å². The van der Waals surface area contributed by atoms with E-state index in [1.165, 1.54) is 4.31 Å². The predicted octanol–water partition coefficient (Wildman–Crippen LogP) is 3.81. The number of nitrogens with zero attached hydrogens (tertiary/aromatic N) is 1. The third kappa shape index (κ3) is 3.61. The molecule has 4 rings (SSSR count). The van der Waals surface area contributed by atoms with Gasteiger partial charge in [-0.05, 0) is 53.6 Å². The fraction of sp³-hybridized carbons (Fsp3) is 0.190. The molecule has 0 bridgehead atoms. The van der Waals surface area contributed by atoms with Crippen LogP contribution < -0.4 is 5.32 Å². The number of nitrogens with one attached hydrogen (secondary N) is 1. The summed E-state index contributed by atoms with van der Waals surface area (Å²) in [6.07, 6.45) is 0.346. The lowest BCUT2D eigenvalue weighted by Gasteiger charge is -2.34. The quantitative estimate of drug-likeness (QED) is 0.709. The van der Waals surface area contributed by atoms with Crippen LogP contribution in [0.2, 0.25) is 0 Å². The third-order valence-corrected chi connectivity index (χ3v) is 8.08. The van der Waals surface area contributed by atoms with Crippen molar-refractivity contribution in [3.8, 4) is 0 Å². The molecule has 3 aromatic rings. The lowest BCUT2D eigenvalue weighted by molar-refractivity contribution is -0.120. The number of amides is 1. The van der Waals surface area contributed by atoms with E-state index in [4.69, 9.17) is 0 Å². The molecule has 0 saturated carbocycles. The fourth-order valence-corrected chi connectivity index (χ4v) is 6.13. The van der Waals surface area contributed by atoms with E-state index in [-0.39, 0.29) is 16.7 Å². The number of rotatable bonds is 4. The second kappa shape index (κ2) is 7.50. The van der Waals surface area contributed by atoms with Crippen LogP contribution >= 0.6 is 11.3 Å². The number of carbonyl (C=O) groups excluding carboxylic acids is 1. The van der Waals surface area contributed by atoms with Crippen molar-refractivity contribution in [3.63, 3.8) is 0 Å². The molecule has 2 aromatic carbocycles. The molecule has 1 aliphatic rings. The van der Waals surface area contributed by atoms with Crippen LogP contribution in [0.5, 0.6) is 0 Å². The Balaban J connectivity index is 1.70. The van der Waals surface area contributed by atoms with Crippen LogP contribution in [0.15, 0.2) is 70.3 Å². The SMILES string of the molecule is Cc1cccc(NC(=O)[C@@H]2Cc3ccccc3CN2S(=O)(=O)c2cccs2)c1. The lowest BCUT2D eigenvalue weighted by atomic mass is 9.95. The van der Waals surface area contributed by atoms with Gasteiger partial charge in [-0.25, -0.2) is 8.42 Å². The van der Waals surface area contributed by atoms with Gasteiger partial charge in [-0.3, -0.25) is 4.79 Å². The van der Waals surface area contributed by atoms with Crippen molar-refractivity contribution in [2.75, 3.05) is 5.32 Å². The normalized spacial score (nSPS) is 17.1. The fourth-order valence-electron chi connectivity index (χ4n) is 3.45. The number of aryl methyl sites for hydroxylation is 1. The summed E-state index contributed by atoms with van der Waals surface area (Å²) in [4.78, 5) is 13.1. The molecular formula is C21H20N2O3S2. The highest BCUT2D eigenvalue weighted by Gasteiger charge is 2.40. The molecule has 7 heteroatoms. The number of hydrogen-bond acceptors (Lipinski definition) is 4. The molecule has 1 aromatic heterocycles. The molecular weight excluding hydrogens is 392 g/mol. The number of hydrogen-bond donors (Lipinski definition) is 1.